The Morgan fingerprint density at radius 3 is 2.94 bits per heavy atom. The van der Waals surface area contributed by atoms with Crippen molar-refractivity contribution in [3.63, 3.8) is 0 Å². The average Bonchev–Trinajstić information content (AvgIpc) is 2.80. The molecule has 0 radical (unpaired) electrons. The topological polar surface area (TPSA) is 21.3 Å². The number of hydrogen-bond acceptors (Lipinski definition) is 2. The van der Waals surface area contributed by atoms with Crippen LogP contribution in [0.3, 0.4) is 0 Å². The first kappa shape index (κ1) is 12.9. The molecule has 94 valence electrons. The van der Waals surface area contributed by atoms with Gasteiger partial charge in [0, 0.05) is 10.5 Å². The van der Waals surface area contributed by atoms with Crippen molar-refractivity contribution in [2.24, 2.45) is 0 Å². The predicted octanol–water partition coefficient (Wildman–Crippen LogP) is 3.70. The van der Waals surface area contributed by atoms with Crippen molar-refractivity contribution in [1.29, 1.82) is 0 Å². The van der Waals surface area contributed by atoms with E-state index in [-0.39, 0.29) is 0 Å². The van der Waals surface area contributed by atoms with E-state index < -0.39 is 0 Å². The molecular formula is C14H20BrNO. The minimum absolute atomic E-state index is 0.485. The molecule has 1 heterocycles. The van der Waals surface area contributed by atoms with E-state index in [4.69, 9.17) is 4.74 Å². The summed E-state index contributed by atoms with van der Waals surface area (Å²) in [4.78, 5) is 0. The molecule has 1 fully saturated rings. The normalized spacial score (nSPS) is 19.9. The van der Waals surface area contributed by atoms with Crippen molar-refractivity contribution in [2.45, 2.75) is 38.6 Å². The van der Waals surface area contributed by atoms with Gasteiger partial charge in [-0.2, -0.15) is 0 Å². The lowest BCUT2D eigenvalue weighted by Crippen LogP contribution is -2.28. The molecule has 1 saturated heterocycles. The smallest absolute Gasteiger partial charge is 0.122 e. The number of halogens is 1. The fourth-order valence-electron chi connectivity index (χ4n) is 2.19. The van der Waals surface area contributed by atoms with Crippen LogP contribution in [0, 0.1) is 0 Å². The molecule has 0 amide bonds. The highest BCUT2D eigenvalue weighted by Crippen LogP contribution is 2.29. The van der Waals surface area contributed by atoms with Crippen LogP contribution in [0.1, 0.15) is 38.2 Å². The van der Waals surface area contributed by atoms with E-state index in [9.17, 15) is 0 Å². The van der Waals surface area contributed by atoms with Crippen molar-refractivity contribution < 1.29 is 4.74 Å². The zero-order chi connectivity index (χ0) is 12.3. The zero-order valence-corrected chi connectivity index (χ0v) is 12.1. The summed E-state index contributed by atoms with van der Waals surface area (Å²) in [5.74, 6) is 1.51. The van der Waals surface area contributed by atoms with E-state index >= 15 is 0 Å². The Bertz CT molecular complexity index is 372. The van der Waals surface area contributed by atoms with Crippen LogP contribution in [0.4, 0.5) is 0 Å². The Hall–Kier alpha value is -0.540. The number of benzene rings is 1. The van der Waals surface area contributed by atoms with Crippen LogP contribution in [0.25, 0.3) is 0 Å². The minimum Gasteiger partial charge on any atom is -0.492 e. The molecule has 1 aliphatic rings. The standard InChI is InChI=1S/C14H20BrNO/c1-10(2)13-8-11(15)5-6-14(13)17-9-12-4-3-7-16-12/h5-6,8,10,12,16H,3-4,7,9H2,1-2H3/t12-/m1/s1. The third-order valence-electron chi connectivity index (χ3n) is 3.20. The summed E-state index contributed by atoms with van der Waals surface area (Å²) in [5.41, 5.74) is 1.28. The van der Waals surface area contributed by atoms with Crippen LogP contribution in [0.15, 0.2) is 22.7 Å². The molecule has 0 bridgehead atoms. The van der Waals surface area contributed by atoms with Crippen LogP contribution in [-0.4, -0.2) is 19.2 Å². The largest absolute Gasteiger partial charge is 0.492 e. The Labute approximate surface area is 112 Å². The van der Waals surface area contributed by atoms with Crippen LogP contribution in [0.2, 0.25) is 0 Å². The molecule has 2 nitrogen and oxygen atoms in total. The van der Waals surface area contributed by atoms with Gasteiger partial charge in [-0.3, -0.25) is 0 Å². The van der Waals surface area contributed by atoms with Gasteiger partial charge in [0.2, 0.25) is 0 Å². The molecule has 3 heteroatoms. The van der Waals surface area contributed by atoms with Gasteiger partial charge in [-0.05, 0) is 49.1 Å². The lowest BCUT2D eigenvalue weighted by molar-refractivity contribution is 0.274. The molecule has 1 aliphatic heterocycles. The second-order valence-electron chi connectivity index (χ2n) is 4.94. The monoisotopic (exact) mass is 297 g/mol. The van der Waals surface area contributed by atoms with Gasteiger partial charge in [0.05, 0.1) is 0 Å². The van der Waals surface area contributed by atoms with Crippen LogP contribution in [0.5, 0.6) is 5.75 Å². The van der Waals surface area contributed by atoms with Gasteiger partial charge in [0.15, 0.2) is 0 Å². The number of hydrogen-bond donors (Lipinski definition) is 1. The Balaban J connectivity index is 2.03. The summed E-state index contributed by atoms with van der Waals surface area (Å²) < 4.78 is 7.07. The molecule has 1 N–H and O–H groups in total. The second-order valence-corrected chi connectivity index (χ2v) is 5.86. The van der Waals surface area contributed by atoms with Crippen LogP contribution in [-0.2, 0) is 0 Å². The van der Waals surface area contributed by atoms with Gasteiger partial charge >= 0.3 is 0 Å². The summed E-state index contributed by atoms with van der Waals surface area (Å²) in [6.45, 7) is 6.30. The van der Waals surface area contributed by atoms with Gasteiger partial charge in [-0.15, -0.1) is 0 Å². The SMILES string of the molecule is CC(C)c1cc(Br)ccc1OC[C@H]1CCCN1. The van der Waals surface area contributed by atoms with Crippen LogP contribution < -0.4 is 10.1 Å². The maximum atomic E-state index is 5.95. The van der Waals surface area contributed by atoms with Gasteiger partial charge in [-0.25, -0.2) is 0 Å². The first-order chi connectivity index (χ1) is 8.16. The van der Waals surface area contributed by atoms with Crippen molar-refractivity contribution in [2.75, 3.05) is 13.2 Å². The molecule has 0 aromatic heterocycles. The molecule has 1 atom stereocenters. The molecular weight excluding hydrogens is 278 g/mol. The minimum atomic E-state index is 0.485. The molecule has 0 aliphatic carbocycles. The molecule has 1 aromatic carbocycles. The van der Waals surface area contributed by atoms with Crippen molar-refractivity contribution in [3.05, 3.63) is 28.2 Å². The summed E-state index contributed by atoms with van der Waals surface area (Å²) in [5, 5.41) is 3.45. The van der Waals surface area contributed by atoms with Crippen molar-refractivity contribution in [1.82, 2.24) is 5.32 Å². The number of ether oxygens (including phenoxy) is 1. The molecule has 2 rings (SSSR count). The zero-order valence-electron chi connectivity index (χ0n) is 10.5. The Morgan fingerprint density at radius 2 is 2.29 bits per heavy atom. The van der Waals surface area contributed by atoms with E-state index in [0.717, 1.165) is 23.4 Å². The first-order valence-corrected chi connectivity index (χ1v) is 7.11. The van der Waals surface area contributed by atoms with Gasteiger partial charge < -0.3 is 10.1 Å². The third kappa shape index (κ3) is 3.46. The van der Waals surface area contributed by atoms with E-state index in [0.29, 0.717) is 12.0 Å². The highest BCUT2D eigenvalue weighted by atomic mass is 79.9. The maximum Gasteiger partial charge on any atom is 0.122 e. The summed E-state index contributed by atoms with van der Waals surface area (Å²) in [6, 6.07) is 6.79. The molecule has 17 heavy (non-hydrogen) atoms. The quantitative estimate of drug-likeness (QED) is 0.915. The first-order valence-electron chi connectivity index (χ1n) is 6.32. The molecule has 1 aromatic rings. The Morgan fingerprint density at radius 1 is 1.47 bits per heavy atom. The lowest BCUT2D eigenvalue weighted by Gasteiger charge is -2.17. The van der Waals surface area contributed by atoms with E-state index in [1.165, 1.54) is 18.4 Å². The Kier molecular flexibility index (Phi) is 4.46. The highest BCUT2D eigenvalue weighted by Gasteiger charge is 2.16. The van der Waals surface area contributed by atoms with E-state index in [1.54, 1.807) is 0 Å². The van der Waals surface area contributed by atoms with E-state index in [2.05, 4.69) is 47.2 Å². The van der Waals surface area contributed by atoms with Gasteiger partial charge in [0.1, 0.15) is 12.4 Å². The third-order valence-corrected chi connectivity index (χ3v) is 3.69. The molecule has 0 unspecified atom stereocenters. The van der Waals surface area contributed by atoms with E-state index in [1.807, 2.05) is 6.07 Å². The van der Waals surface area contributed by atoms with Gasteiger partial charge in [-0.1, -0.05) is 29.8 Å². The predicted molar refractivity (Wildman–Crippen MR) is 74.8 cm³/mol. The average molecular weight is 298 g/mol. The summed E-state index contributed by atoms with van der Waals surface area (Å²) in [7, 11) is 0. The maximum absolute atomic E-state index is 5.95. The fraction of sp³-hybridized carbons (Fsp3) is 0.571. The lowest BCUT2D eigenvalue weighted by atomic mass is 10.0. The molecule has 0 saturated carbocycles. The number of nitrogens with one attached hydrogen (secondary N) is 1. The molecule has 0 spiro atoms. The number of rotatable bonds is 4. The fourth-order valence-corrected chi connectivity index (χ4v) is 2.57. The van der Waals surface area contributed by atoms with Gasteiger partial charge in [0.25, 0.3) is 0 Å². The second kappa shape index (κ2) is 5.87. The van der Waals surface area contributed by atoms with Crippen molar-refractivity contribution >= 4 is 15.9 Å². The highest BCUT2D eigenvalue weighted by molar-refractivity contribution is 9.10. The van der Waals surface area contributed by atoms with Crippen molar-refractivity contribution in [3.8, 4) is 5.75 Å². The summed E-state index contributed by atoms with van der Waals surface area (Å²) in [6.07, 6.45) is 2.50. The summed E-state index contributed by atoms with van der Waals surface area (Å²) >= 11 is 3.51. The van der Waals surface area contributed by atoms with Crippen LogP contribution >= 0.6 is 15.9 Å².